The molecular weight excluding hydrogens is 248 g/mol. The van der Waals surface area contributed by atoms with E-state index < -0.39 is 0 Å². The van der Waals surface area contributed by atoms with Gasteiger partial charge in [-0.15, -0.1) is 0 Å². The highest BCUT2D eigenvalue weighted by Crippen LogP contribution is 2.29. The Morgan fingerprint density at radius 1 is 1.61 bits per heavy atom. The van der Waals surface area contributed by atoms with Crippen LogP contribution < -0.4 is 4.90 Å². The predicted octanol–water partition coefficient (Wildman–Crippen LogP) is 2.52. The van der Waals surface area contributed by atoms with Crippen LogP contribution in [0.15, 0.2) is 0 Å². The van der Waals surface area contributed by atoms with Gasteiger partial charge in [0.15, 0.2) is 10.9 Å². The summed E-state index contributed by atoms with van der Waals surface area (Å²) in [5, 5.41) is 0.985. The number of Topliss-reactive ketones (excluding diaryl/α,β-unsaturated/α-hetero) is 1. The molecule has 18 heavy (non-hydrogen) atoms. The normalized spacial score (nSPS) is 20.2. The smallest absolute Gasteiger partial charge is 0.186 e. The molecule has 1 atom stereocenters. The van der Waals surface area contributed by atoms with E-state index >= 15 is 0 Å². The van der Waals surface area contributed by atoms with Crippen LogP contribution in [-0.2, 0) is 4.74 Å². The molecule has 4 nitrogen and oxygen atoms in total. The molecule has 0 N–H and O–H groups in total. The predicted molar refractivity (Wildman–Crippen MR) is 73.7 cm³/mol. The Hall–Kier alpha value is -0.940. The third kappa shape index (κ3) is 2.90. The van der Waals surface area contributed by atoms with Crippen molar-refractivity contribution in [1.29, 1.82) is 0 Å². The first-order chi connectivity index (χ1) is 8.61. The Kier molecular flexibility index (Phi) is 4.35. The highest BCUT2D eigenvalue weighted by molar-refractivity contribution is 7.17. The molecule has 1 saturated heterocycles. The van der Waals surface area contributed by atoms with E-state index in [1.807, 2.05) is 6.92 Å². The molecule has 2 rings (SSSR count). The zero-order valence-electron chi connectivity index (χ0n) is 11.2. The van der Waals surface area contributed by atoms with Gasteiger partial charge >= 0.3 is 0 Å². The molecule has 1 unspecified atom stereocenters. The van der Waals surface area contributed by atoms with Gasteiger partial charge in [-0.05, 0) is 25.7 Å². The zero-order chi connectivity index (χ0) is 13.1. The van der Waals surface area contributed by atoms with E-state index in [1.54, 1.807) is 14.0 Å². The lowest BCUT2D eigenvalue weighted by Gasteiger charge is -2.32. The molecule has 1 aromatic heterocycles. The number of ketones is 1. The maximum absolute atomic E-state index is 11.5. The van der Waals surface area contributed by atoms with Gasteiger partial charge in [0.05, 0.1) is 17.2 Å². The molecule has 1 aromatic rings. The molecule has 0 saturated carbocycles. The fourth-order valence-corrected chi connectivity index (χ4v) is 3.45. The Morgan fingerprint density at radius 2 is 2.39 bits per heavy atom. The number of aromatic nitrogens is 1. The first-order valence-electron chi connectivity index (χ1n) is 6.34. The van der Waals surface area contributed by atoms with Crippen LogP contribution >= 0.6 is 11.3 Å². The number of hydrogen-bond acceptors (Lipinski definition) is 5. The highest BCUT2D eigenvalue weighted by atomic mass is 32.1. The summed E-state index contributed by atoms with van der Waals surface area (Å²) in [6, 6.07) is 0. The van der Waals surface area contributed by atoms with Gasteiger partial charge < -0.3 is 9.64 Å². The molecule has 0 radical (unpaired) electrons. The van der Waals surface area contributed by atoms with Crippen LogP contribution in [0.25, 0.3) is 0 Å². The Bertz CT molecular complexity index is 429. The minimum absolute atomic E-state index is 0.113. The topological polar surface area (TPSA) is 42.4 Å². The molecule has 0 amide bonds. The highest BCUT2D eigenvalue weighted by Gasteiger charge is 2.23. The Morgan fingerprint density at radius 3 is 3.00 bits per heavy atom. The van der Waals surface area contributed by atoms with Crippen molar-refractivity contribution in [3.8, 4) is 0 Å². The fraction of sp³-hybridized carbons (Fsp3) is 0.692. The lowest BCUT2D eigenvalue weighted by Crippen LogP contribution is -2.37. The summed E-state index contributed by atoms with van der Waals surface area (Å²) in [4.78, 5) is 19.1. The second-order valence-corrected chi connectivity index (χ2v) is 5.85. The van der Waals surface area contributed by atoms with Crippen LogP contribution in [0, 0.1) is 12.8 Å². The van der Waals surface area contributed by atoms with Crippen LogP contribution in [0.4, 0.5) is 5.13 Å². The average molecular weight is 268 g/mol. The summed E-state index contributed by atoms with van der Waals surface area (Å²) in [7, 11) is 1.75. The van der Waals surface area contributed by atoms with Gasteiger partial charge in [0.2, 0.25) is 0 Å². The number of hydrogen-bond donors (Lipinski definition) is 0. The number of carbonyl (C=O) groups is 1. The molecule has 5 heteroatoms. The van der Waals surface area contributed by atoms with Crippen LogP contribution in [-0.4, -0.2) is 37.6 Å². The van der Waals surface area contributed by atoms with Gasteiger partial charge in [0.25, 0.3) is 0 Å². The summed E-state index contributed by atoms with van der Waals surface area (Å²) < 4.78 is 5.23. The van der Waals surface area contributed by atoms with Gasteiger partial charge in [0, 0.05) is 27.1 Å². The largest absolute Gasteiger partial charge is 0.384 e. The molecule has 100 valence electrons. The summed E-state index contributed by atoms with van der Waals surface area (Å²) in [5.74, 6) is 0.690. The molecule has 2 heterocycles. The number of thiazole rings is 1. The quantitative estimate of drug-likeness (QED) is 0.787. The zero-order valence-corrected chi connectivity index (χ0v) is 12.0. The van der Waals surface area contributed by atoms with Crippen molar-refractivity contribution in [2.75, 3.05) is 31.7 Å². The number of carbonyl (C=O) groups excluding carboxylic acids is 1. The summed E-state index contributed by atoms with van der Waals surface area (Å²) in [6.45, 7) is 6.34. The third-order valence-electron chi connectivity index (χ3n) is 3.30. The number of methoxy groups -OCH3 is 1. The maximum Gasteiger partial charge on any atom is 0.186 e. The van der Waals surface area contributed by atoms with E-state index in [9.17, 15) is 4.79 Å². The molecule has 0 aromatic carbocycles. The lowest BCUT2D eigenvalue weighted by atomic mass is 9.99. The Labute approximate surface area is 112 Å². The van der Waals surface area contributed by atoms with Gasteiger partial charge in [-0.25, -0.2) is 4.98 Å². The van der Waals surface area contributed by atoms with Crippen LogP contribution in [0.5, 0.6) is 0 Å². The van der Waals surface area contributed by atoms with Gasteiger partial charge in [-0.2, -0.15) is 0 Å². The minimum atomic E-state index is 0.113. The van der Waals surface area contributed by atoms with Gasteiger partial charge in [-0.1, -0.05) is 11.3 Å². The van der Waals surface area contributed by atoms with Crippen molar-refractivity contribution in [2.45, 2.75) is 26.7 Å². The molecular formula is C13H20N2O2S. The minimum Gasteiger partial charge on any atom is -0.384 e. The van der Waals surface area contributed by atoms with Crippen molar-refractivity contribution in [3.05, 3.63) is 10.6 Å². The number of rotatable bonds is 4. The Balaban J connectivity index is 2.11. The van der Waals surface area contributed by atoms with Crippen LogP contribution in [0.2, 0.25) is 0 Å². The standard InChI is InChI=1S/C13H20N2O2S/c1-9-12(10(2)16)18-13(14-9)15-6-4-5-11(7-15)8-17-3/h11H,4-8H2,1-3H3. The number of piperidine rings is 1. The second kappa shape index (κ2) is 5.80. The summed E-state index contributed by atoms with van der Waals surface area (Å²) in [5.41, 5.74) is 0.858. The van der Waals surface area contributed by atoms with Gasteiger partial charge in [0.1, 0.15) is 0 Å². The van der Waals surface area contributed by atoms with Crippen LogP contribution in [0.3, 0.4) is 0 Å². The lowest BCUT2D eigenvalue weighted by molar-refractivity contribution is 0.102. The van der Waals surface area contributed by atoms with Gasteiger partial charge in [-0.3, -0.25) is 4.79 Å². The van der Waals surface area contributed by atoms with Crippen molar-refractivity contribution in [2.24, 2.45) is 5.92 Å². The third-order valence-corrected chi connectivity index (χ3v) is 4.62. The first kappa shape index (κ1) is 13.5. The molecule has 1 aliphatic rings. The molecule has 0 aliphatic carbocycles. The van der Waals surface area contributed by atoms with Crippen molar-refractivity contribution < 1.29 is 9.53 Å². The monoisotopic (exact) mass is 268 g/mol. The maximum atomic E-state index is 11.5. The van der Waals surface area contributed by atoms with E-state index in [0.717, 1.165) is 35.4 Å². The van der Waals surface area contributed by atoms with E-state index in [-0.39, 0.29) is 5.78 Å². The van der Waals surface area contributed by atoms with E-state index in [4.69, 9.17) is 4.74 Å². The molecule has 1 fully saturated rings. The number of anilines is 1. The molecule has 0 spiro atoms. The van der Waals surface area contributed by atoms with Crippen molar-refractivity contribution in [1.82, 2.24) is 4.98 Å². The van der Waals surface area contributed by atoms with Crippen LogP contribution in [0.1, 0.15) is 35.1 Å². The fourth-order valence-electron chi connectivity index (χ4n) is 2.45. The van der Waals surface area contributed by atoms with Crippen molar-refractivity contribution >= 4 is 22.3 Å². The SMILES string of the molecule is COCC1CCCN(c2nc(C)c(C(C)=O)s2)C1. The van der Waals surface area contributed by atoms with E-state index in [1.165, 1.54) is 24.2 Å². The number of aryl methyl sites for hydroxylation is 1. The molecule has 0 bridgehead atoms. The summed E-state index contributed by atoms with van der Waals surface area (Å²) >= 11 is 1.52. The second-order valence-electron chi connectivity index (χ2n) is 4.88. The summed E-state index contributed by atoms with van der Waals surface area (Å²) in [6.07, 6.45) is 2.39. The first-order valence-corrected chi connectivity index (χ1v) is 7.15. The average Bonchev–Trinajstić information content (AvgIpc) is 2.72. The van der Waals surface area contributed by atoms with Crippen molar-refractivity contribution in [3.63, 3.8) is 0 Å². The van der Waals surface area contributed by atoms with E-state index in [2.05, 4.69) is 9.88 Å². The molecule has 1 aliphatic heterocycles. The number of nitrogens with zero attached hydrogens (tertiary/aromatic N) is 2. The number of ether oxygens (including phenoxy) is 1. The van der Waals surface area contributed by atoms with E-state index in [0.29, 0.717) is 5.92 Å².